The summed E-state index contributed by atoms with van der Waals surface area (Å²) in [5.74, 6) is -8.96. The number of carboxylic acid groups (broad SMARTS) is 4. The van der Waals surface area contributed by atoms with Crippen LogP contribution in [0.15, 0.2) is 0 Å². The molecular weight excluding hydrogens is 524 g/mol. The van der Waals surface area contributed by atoms with Crippen LogP contribution in [0, 0.1) is 5.92 Å². The van der Waals surface area contributed by atoms with E-state index in [1.165, 1.54) is 14.0 Å². The third-order valence-electron chi connectivity index (χ3n) is 5.56. The number of rotatable bonds is 20. The monoisotopic (exact) mass is 560 g/mol. The van der Waals surface area contributed by atoms with E-state index in [0.29, 0.717) is 0 Å². The Morgan fingerprint density at radius 3 is 1.28 bits per heavy atom. The summed E-state index contributed by atoms with van der Waals surface area (Å²) in [7, 11) is 1.27. The van der Waals surface area contributed by atoms with Crippen molar-refractivity contribution in [2.24, 2.45) is 5.92 Å². The highest BCUT2D eigenvalue weighted by Crippen LogP contribution is 2.10. The molecule has 4 atom stereocenters. The van der Waals surface area contributed by atoms with Crippen molar-refractivity contribution in [1.82, 2.24) is 21.3 Å². The van der Waals surface area contributed by atoms with Crippen LogP contribution < -0.4 is 21.3 Å². The van der Waals surface area contributed by atoms with Gasteiger partial charge < -0.3 is 41.7 Å². The first-order valence-electron chi connectivity index (χ1n) is 12.2. The standard InChI is InChI=1S/C23H36N4O12/c1-12(6-9-17(30)31)20(36)25-15(8-11-19(34)35)23(39)26-13(4-3-5-16(28)29)22(38)27-14(21(37)24-2)7-10-18(32)33/h12-15H,3-11H2,1-2H3,(H,24,37)(H,25,36)(H,26,39)(H,27,38)(H,28,29)(H,30,31)(H,32,33)(H,34,35)/t12-,13-,14-,15-/m1/s1. The van der Waals surface area contributed by atoms with Gasteiger partial charge in [-0.3, -0.25) is 38.4 Å². The third-order valence-corrected chi connectivity index (χ3v) is 5.56. The molecule has 0 unspecified atom stereocenters. The number of hydrogen-bond acceptors (Lipinski definition) is 8. The Balaban J connectivity index is 5.75. The molecule has 0 bridgehead atoms. The summed E-state index contributed by atoms with van der Waals surface area (Å²) in [5.41, 5.74) is 0. The number of likely N-dealkylation sites (N-methyl/N-ethyl adjacent to an activating group) is 1. The lowest BCUT2D eigenvalue weighted by Gasteiger charge is -2.25. The second-order valence-corrected chi connectivity index (χ2v) is 8.78. The van der Waals surface area contributed by atoms with Gasteiger partial charge in [-0.2, -0.15) is 0 Å². The smallest absolute Gasteiger partial charge is 0.303 e. The summed E-state index contributed by atoms with van der Waals surface area (Å²) in [6.07, 6.45) is -2.67. The highest BCUT2D eigenvalue weighted by molar-refractivity contribution is 5.94. The molecule has 0 aliphatic carbocycles. The Hall–Kier alpha value is -4.24. The first-order chi connectivity index (χ1) is 18.2. The molecule has 39 heavy (non-hydrogen) atoms. The molecule has 220 valence electrons. The van der Waals surface area contributed by atoms with Crippen molar-refractivity contribution in [3.8, 4) is 0 Å². The molecule has 0 fully saturated rings. The molecule has 0 aliphatic heterocycles. The van der Waals surface area contributed by atoms with Crippen LogP contribution in [0.2, 0.25) is 0 Å². The van der Waals surface area contributed by atoms with Crippen molar-refractivity contribution < 1.29 is 58.8 Å². The number of nitrogens with one attached hydrogen (secondary N) is 4. The van der Waals surface area contributed by atoms with E-state index in [1.54, 1.807) is 0 Å². The van der Waals surface area contributed by atoms with E-state index in [9.17, 15) is 38.4 Å². The maximum Gasteiger partial charge on any atom is 0.303 e. The molecule has 0 aliphatic rings. The highest BCUT2D eigenvalue weighted by atomic mass is 16.4. The molecule has 0 aromatic heterocycles. The number of amides is 4. The third kappa shape index (κ3) is 15.6. The fourth-order valence-electron chi connectivity index (χ4n) is 3.30. The number of carbonyl (C=O) groups excluding carboxylic acids is 4. The minimum Gasteiger partial charge on any atom is -0.481 e. The molecule has 0 saturated heterocycles. The zero-order valence-electron chi connectivity index (χ0n) is 21.7. The molecule has 4 amide bonds. The van der Waals surface area contributed by atoms with Crippen molar-refractivity contribution in [3.63, 3.8) is 0 Å². The second kappa shape index (κ2) is 18.1. The predicted molar refractivity (Wildman–Crippen MR) is 131 cm³/mol. The van der Waals surface area contributed by atoms with Gasteiger partial charge in [0.05, 0.1) is 0 Å². The molecule has 0 radical (unpaired) electrons. The average molecular weight is 561 g/mol. The van der Waals surface area contributed by atoms with Crippen LogP contribution in [0.1, 0.15) is 64.7 Å². The zero-order chi connectivity index (χ0) is 30.1. The Kier molecular flexibility index (Phi) is 16.1. The van der Waals surface area contributed by atoms with E-state index in [4.69, 9.17) is 20.4 Å². The van der Waals surface area contributed by atoms with Crippen LogP contribution in [-0.4, -0.2) is 93.1 Å². The summed E-state index contributed by atoms with van der Waals surface area (Å²) in [5, 5.41) is 45.0. The minimum absolute atomic E-state index is 0.0497. The molecule has 16 nitrogen and oxygen atoms in total. The summed E-state index contributed by atoms with van der Waals surface area (Å²) in [4.78, 5) is 94.3. The number of hydrogen-bond donors (Lipinski definition) is 8. The Labute approximate surface area is 223 Å². The molecule has 0 heterocycles. The molecule has 16 heteroatoms. The van der Waals surface area contributed by atoms with Gasteiger partial charge >= 0.3 is 23.9 Å². The van der Waals surface area contributed by atoms with E-state index < -0.39 is 84.4 Å². The molecule has 8 N–H and O–H groups in total. The molecule has 0 saturated carbocycles. The van der Waals surface area contributed by atoms with Gasteiger partial charge in [-0.05, 0) is 32.1 Å². The van der Waals surface area contributed by atoms with Gasteiger partial charge in [-0.25, -0.2) is 0 Å². The van der Waals surface area contributed by atoms with Crippen LogP contribution >= 0.6 is 0 Å². The van der Waals surface area contributed by atoms with Crippen molar-refractivity contribution in [3.05, 3.63) is 0 Å². The van der Waals surface area contributed by atoms with Crippen molar-refractivity contribution in [2.45, 2.75) is 82.8 Å². The zero-order valence-corrected chi connectivity index (χ0v) is 21.7. The van der Waals surface area contributed by atoms with Gasteiger partial charge in [0, 0.05) is 38.6 Å². The first-order valence-corrected chi connectivity index (χ1v) is 12.2. The highest BCUT2D eigenvalue weighted by Gasteiger charge is 2.30. The summed E-state index contributed by atoms with van der Waals surface area (Å²) in [6, 6.07) is -4.13. The maximum absolute atomic E-state index is 13.0. The number of aliphatic carboxylic acids is 4. The van der Waals surface area contributed by atoms with Crippen LogP contribution in [0.4, 0.5) is 0 Å². The Bertz CT molecular complexity index is 923. The fourth-order valence-corrected chi connectivity index (χ4v) is 3.30. The topological polar surface area (TPSA) is 266 Å². The van der Waals surface area contributed by atoms with Crippen LogP contribution in [-0.2, 0) is 38.4 Å². The average Bonchev–Trinajstić information content (AvgIpc) is 2.85. The van der Waals surface area contributed by atoms with E-state index in [2.05, 4.69) is 21.3 Å². The lowest BCUT2D eigenvalue weighted by atomic mass is 10.0. The second-order valence-electron chi connectivity index (χ2n) is 8.78. The molecular formula is C23H36N4O12. The quantitative estimate of drug-likeness (QED) is 0.0861. The largest absolute Gasteiger partial charge is 0.481 e. The van der Waals surface area contributed by atoms with Gasteiger partial charge in [0.1, 0.15) is 18.1 Å². The van der Waals surface area contributed by atoms with Gasteiger partial charge in [0.2, 0.25) is 23.6 Å². The van der Waals surface area contributed by atoms with Gasteiger partial charge in [0.15, 0.2) is 0 Å². The van der Waals surface area contributed by atoms with Crippen molar-refractivity contribution in [2.75, 3.05) is 7.05 Å². The number of carboxylic acids is 4. The molecule has 0 aromatic rings. The number of carbonyl (C=O) groups is 8. The summed E-state index contributed by atoms with van der Waals surface area (Å²) < 4.78 is 0. The van der Waals surface area contributed by atoms with E-state index in [-0.39, 0.29) is 44.9 Å². The lowest BCUT2D eigenvalue weighted by molar-refractivity contribution is -0.140. The van der Waals surface area contributed by atoms with Crippen molar-refractivity contribution >= 4 is 47.5 Å². The summed E-state index contributed by atoms with van der Waals surface area (Å²) >= 11 is 0. The van der Waals surface area contributed by atoms with E-state index in [0.717, 1.165) is 0 Å². The van der Waals surface area contributed by atoms with Crippen LogP contribution in [0.25, 0.3) is 0 Å². The van der Waals surface area contributed by atoms with Gasteiger partial charge in [0.25, 0.3) is 0 Å². The van der Waals surface area contributed by atoms with Gasteiger partial charge in [-0.1, -0.05) is 6.92 Å². The summed E-state index contributed by atoms with van der Waals surface area (Å²) in [6.45, 7) is 1.42. The first kappa shape index (κ1) is 34.8. The molecule has 0 rings (SSSR count). The van der Waals surface area contributed by atoms with Gasteiger partial charge in [-0.15, -0.1) is 0 Å². The van der Waals surface area contributed by atoms with Crippen LogP contribution in [0.3, 0.4) is 0 Å². The molecule has 0 spiro atoms. The molecule has 0 aromatic carbocycles. The minimum atomic E-state index is -1.43. The van der Waals surface area contributed by atoms with Crippen LogP contribution in [0.5, 0.6) is 0 Å². The lowest BCUT2D eigenvalue weighted by Crippen LogP contribution is -2.57. The van der Waals surface area contributed by atoms with E-state index >= 15 is 0 Å². The Morgan fingerprint density at radius 2 is 0.872 bits per heavy atom. The normalized spacial score (nSPS) is 13.6. The fraction of sp³-hybridized carbons (Fsp3) is 0.652. The SMILES string of the molecule is CNC(=O)[C@@H](CCC(=O)O)NC(=O)[C@@H](CCCC(=O)O)NC(=O)[C@@H](CCC(=O)O)NC(=O)[C@H](C)CCC(=O)O. The predicted octanol–water partition coefficient (Wildman–Crippen LogP) is -1.33. The Morgan fingerprint density at radius 1 is 0.513 bits per heavy atom. The van der Waals surface area contributed by atoms with E-state index in [1.807, 2.05) is 0 Å². The van der Waals surface area contributed by atoms with Crippen molar-refractivity contribution in [1.29, 1.82) is 0 Å². The maximum atomic E-state index is 13.0.